The maximum Gasteiger partial charge on any atom is 0.492 e. The predicted octanol–water partition coefficient (Wildman–Crippen LogP) is 3.57. The van der Waals surface area contributed by atoms with E-state index in [1.54, 1.807) is 0 Å². The fourth-order valence-corrected chi connectivity index (χ4v) is 2.08. The summed E-state index contributed by atoms with van der Waals surface area (Å²) in [6.45, 7) is 0.0648. The summed E-state index contributed by atoms with van der Waals surface area (Å²) in [6.07, 6.45) is -9.43. The first kappa shape index (κ1) is 19.3. The van der Waals surface area contributed by atoms with Crippen molar-refractivity contribution in [2.24, 2.45) is 5.92 Å². The first-order chi connectivity index (χ1) is 11.5. The summed E-state index contributed by atoms with van der Waals surface area (Å²) in [5.74, 6) is -3.97. The van der Waals surface area contributed by atoms with Crippen molar-refractivity contribution in [3.8, 4) is 5.75 Å². The Bertz CT molecular complexity index is 624. The summed E-state index contributed by atoms with van der Waals surface area (Å²) in [6, 6.07) is 1.85. The van der Waals surface area contributed by atoms with Crippen molar-refractivity contribution in [2.75, 3.05) is 19.7 Å². The van der Waals surface area contributed by atoms with E-state index in [2.05, 4.69) is 4.84 Å². The van der Waals surface area contributed by atoms with Crippen LogP contribution in [-0.4, -0.2) is 36.9 Å². The van der Waals surface area contributed by atoms with Crippen LogP contribution in [0.4, 0.5) is 30.7 Å². The third-order valence-electron chi connectivity index (χ3n) is 3.41. The molecular formula is C14H12F7NO3. The van der Waals surface area contributed by atoms with Crippen LogP contribution >= 0.6 is 0 Å². The van der Waals surface area contributed by atoms with E-state index in [1.807, 2.05) is 0 Å². The molecule has 1 aliphatic heterocycles. The third kappa shape index (κ3) is 5.21. The van der Waals surface area contributed by atoms with Crippen molar-refractivity contribution in [3.63, 3.8) is 0 Å². The van der Waals surface area contributed by atoms with Crippen LogP contribution in [0.1, 0.15) is 12.0 Å². The minimum absolute atomic E-state index is 0.0476. The first-order valence-corrected chi connectivity index (χ1v) is 7.00. The molecule has 0 N–H and O–H groups in total. The molecule has 2 rings (SSSR count). The predicted molar refractivity (Wildman–Crippen MR) is 68.7 cm³/mol. The highest BCUT2D eigenvalue weighted by molar-refractivity contribution is 5.75. The van der Waals surface area contributed by atoms with Crippen LogP contribution < -0.4 is 4.74 Å². The SMILES string of the molecule is O=C(ON1CC(CCOc2ccc(C(F)(F)F)cc2F)C1)C(F)(F)F. The number of carbonyl (C=O) groups excluding carboxylic acids is 1. The number of benzene rings is 1. The van der Waals surface area contributed by atoms with Gasteiger partial charge in [-0.05, 0) is 30.5 Å². The molecule has 1 heterocycles. The van der Waals surface area contributed by atoms with Crippen LogP contribution in [0.15, 0.2) is 18.2 Å². The number of hydrogen-bond acceptors (Lipinski definition) is 4. The van der Waals surface area contributed by atoms with Crippen molar-refractivity contribution >= 4 is 5.97 Å². The number of nitrogens with zero attached hydrogens (tertiary/aromatic N) is 1. The molecule has 4 nitrogen and oxygen atoms in total. The molecule has 0 saturated carbocycles. The van der Waals surface area contributed by atoms with E-state index in [4.69, 9.17) is 4.74 Å². The smallest absolute Gasteiger partial charge is 0.491 e. The number of carbonyl (C=O) groups is 1. The molecule has 1 aromatic rings. The molecule has 0 unspecified atom stereocenters. The molecule has 1 aromatic carbocycles. The molecule has 0 atom stereocenters. The zero-order chi connectivity index (χ0) is 18.8. The van der Waals surface area contributed by atoms with Gasteiger partial charge in [0.15, 0.2) is 11.6 Å². The Morgan fingerprint density at radius 3 is 2.32 bits per heavy atom. The van der Waals surface area contributed by atoms with Gasteiger partial charge in [0.25, 0.3) is 0 Å². The molecule has 1 aliphatic rings. The summed E-state index contributed by atoms with van der Waals surface area (Å²) >= 11 is 0. The summed E-state index contributed by atoms with van der Waals surface area (Å²) < 4.78 is 91.6. The number of halogens is 7. The lowest BCUT2D eigenvalue weighted by atomic mass is 9.99. The normalized spacial score (nSPS) is 16.4. The largest absolute Gasteiger partial charge is 0.492 e. The molecule has 140 valence electrons. The molecule has 1 saturated heterocycles. The maximum atomic E-state index is 13.5. The second kappa shape index (κ2) is 7.06. The Balaban J connectivity index is 1.72. The lowest BCUT2D eigenvalue weighted by molar-refractivity contribution is -0.259. The van der Waals surface area contributed by atoms with Gasteiger partial charge in [0.05, 0.1) is 12.2 Å². The topological polar surface area (TPSA) is 38.8 Å². The Labute approximate surface area is 137 Å². The average Bonchev–Trinajstić information content (AvgIpc) is 2.43. The fourth-order valence-electron chi connectivity index (χ4n) is 2.08. The molecule has 0 aromatic heterocycles. The fraction of sp³-hybridized carbons (Fsp3) is 0.500. The number of ether oxygens (including phenoxy) is 1. The van der Waals surface area contributed by atoms with E-state index in [9.17, 15) is 35.5 Å². The molecule has 0 bridgehead atoms. The van der Waals surface area contributed by atoms with Crippen molar-refractivity contribution in [1.82, 2.24) is 5.06 Å². The van der Waals surface area contributed by atoms with E-state index < -0.39 is 29.7 Å². The lowest BCUT2D eigenvalue weighted by Gasteiger charge is -2.36. The minimum atomic E-state index is -5.08. The van der Waals surface area contributed by atoms with Gasteiger partial charge in [0.1, 0.15) is 0 Å². The van der Waals surface area contributed by atoms with E-state index in [0.29, 0.717) is 18.6 Å². The number of alkyl halides is 6. The van der Waals surface area contributed by atoms with Crippen LogP contribution in [0.3, 0.4) is 0 Å². The standard InChI is InChI=1S/C14H12F7NO3/c15-10-5-9(13(16,17)18)1-2-11(10)24-4-3-8-6-22(7-8)25-12(23)14(19,20)21/h1-2,5,8H,3-4,6-7H2. The van der Waals surface area contributed by atoms with E-state index >= 15 is 0 Å². The Morgan fingerprint density at radius 2 is 1.80 bits per heavy atom. The van der Waals surface area contributed by atoms with Crippen LogP contribution in [0, 0.1) is 11.7 Å². The summed E-state index contributed by atoms with van der Waals surface area (Å²) in [5, 5.41) is 0.833. The highest BCUT2D eigenvalue weighted by atomic mass is 19.4. The van der Waals surface area contributed by atoms with Gasteiger partial charge in [-0.15, -0.1) is 5.06 Å². The van der Waals surface area contributed by atoms with E-state index in [-0.39, 0.29) is 31.4 Å². The molecule has 0 spiro atoms. The molecule has 0 aliphatic carbocycles. The molecule has 11 heteroatoms. The zero-order valence-corrected chi connectivity index (χ0v) is 12.5. The molecule has 25 heavy (non-hydrogen) atoms. The van der Waals surface area contributed by atoms with Crippen molar-refractivity contribution in [1.29, 1.82) is 0 Å². The third-order valence-corrected chi connectivity index (χ3v) is 3.41. The van der Waals surface area contributed by atoms with Crippen molar-refractivity contribution in [2.45, 2.75) is 18.8 Å². The second-order valence-corrected chi connectivity index (χ2v) is 5.37. The Hall–Kier alpha value is -2.04. The summed E-state index contributed by atoms with van der Waals surface area (Å²) in [5.41, 5.74) is -1.14. The molecule has 0 radical (unpaired) electrons. The molecular weight excluding hydrogens is 363 g/mol. The summed E-state index contributed by atoms with van der Waals surface area (Å²) in [4.78, 5) is 14.6. The van der Waals surface area contributed by atoms with Gasteiger partial charge in [-0.25, -0.2) is 9.18 Å². The van der Waals surface area contributed by atoms with Crippen molar-refractivity contribution < 1.29 is 45.1 Å². The van der Waals surface area contributed by atoms with Crippen LogP contribution in [0.2, 0.25) is 0 Å². The van der Waals surface area contributed by atoms with Crippen LogP contribution in [0.5, 0.6) is 5.75 Å². The van der Waals surface area contributed by atoms with Gasteiger partial charge in [-0.3, -0.25) is 0 Å². The van der Waals surface area contributed by atoms with Crippen LogP contribution in [-0.2, 0) is 15.8 Å². The van der Waals surface area contributed by atoms with Gasteiger partial charge < -0.3 is 9.57 Å². The summed E-state index contributed by atoms with van der Waals surface area (Å²) in [7, 11) is 0. The highest BCUT2D eigenvalue weighted by Crippen LogP contribution is 2.32. The van der Waals surface area contributed by atoms with Gasteiger partial charge in [0.2, 0.25) is 0 Å². The molecule has 1 fully saturated rings. The number of rotatable bonds is 5. The second-order valence-electron chi connectivity index (χ2n) is 5.37. The van der Waals surface area contributed by atoms with E-state index in [1.165, 1.54) is 0 Å². The van der Waals surface area contributed by atoms with E-state index in [0.717, 1.165) is 11.1 Å². The van der Waals surface area contributed by atoms with Crippen LogP contribution in [0.25, 0.3) is 0 Å². The van der Waals surface area contributed by atoms with Gasteiger partial charge in [-0.2, -0.15) is 26.3 Å². The quantitative estimate of drug-likeness (QED) is 0.738. The zero-order valence-electron chi connectivity index (χ0n) is 12.5. The van der Waals surface area contributed by atoms with Gasteiger partial charge in [0, 0.05) is 13.1 Å². The Morgan fingerprint density at radius 1 is 1.16 bits per heavy atom. The number of hydroxylamine groups is 2. The number of hydrogen-bond donors (Lipinski definition) is 0. The average molecular weight is 375 g/mol. The minimum Gasteiger partial charge on any atom is -0.491 e. The highest BCUT2D eigenvalue weighted by Gasteiger charge is 2.44. The molecule has 0 amide bonds. The van der Waals surface area contributed by atoms with Crippen molar-refractivity contribution in [3.05, 3.63) is 29.6 Å². The van der Waals surface area contributed by atoms with Gasteiger partial charge >= 0.3 is 18.3 Å². The van der Waals surface area contributed by atoms with Gasteiger partial charge in [-0.1, -0.05) is 0 Å². The Kier molecular flexibility index (Phi) is 5.45. The lowest BCUT2D eigenvalue weighted by Crippen LogP contribution is -2.49. The first-order valence-electron chi connectivity index (χ1n) is 7.00. The maximum absolute atomic E-state index is 13.5. The monoisotopic (exact) mass is 375 g/mol.